The number of methoxy groups -OCH3 is 2. The van der Waals surface area contributed by atoms with E-state index in [4.69, 9.17) is 9.47 Å². The fourth-order valence-electron chi connectivity index (χ4n) is 2.86. The summed E-state index contributed by atoms with van der Waals surface area (Å²) in [5.74, 6) is 2.17. The number of thioether (sulfide) groups is 1. The van der Waals surface area contributed by atoms with Crippen LogP contribution in [0.2, 0.25) is 0 Å². The lowest BCUT2D eigenvalue weighted by atomic mass is 10.0. The highest BCUT2D eigenvalue weighted by molar-refractivity contribution is 8.00. The Bertz CT molecular complexity index is 501. The van der Waals surface area contributed by atoms with Crippen molar-refractivity contribution < 1.29 is 14.3 Å². The zero-order valence-corrected chi connectivity index (χ0v) is 14.9. The third kappa shape index (κ3) is 5.98. The summed E-state index contributed by atoms with van der Waals surface area (Å²) in [7, 11) is 3.26. The molecular weight excluding hydrogens is 310 g/mol. The minimum Gasteiger partial charge on any atom is -0.493 e. The molecule has 0 aliphatic heterocycles. The summed E-state index contributed by atoms with van der Waals surface area (Å²) in [6, 6.07) is 5.86. The first kappa shape index (κ1) is 18.0. The lowest BCUT2D eigenvalue weighted by molar-refractivity contribution is -0.118. The van der Waals surface area contributed by atoms with E-state index in [0.29, 0.717) is 17.5 Å². The molecule has 0 bridgehead atoms. The zero-order valence-electron chi connectivity index (χ0n) is 14.1. The summed E-state index contributed by atoms with van der Waals surface area (Å²) in [6.07, 6.45) is 7.32. The van der Waals surface area contributed by atoms with Crippen LogP contribution in [0.4, 0.5) is 0 Å². The van der Waals surface area contributed by atoms with Crippen LogP contribution in [0.15, 0.2) is 18.2 Å². The molecule has 1 N–H and O–H groups in total. The van der Waals surface area contributed by atoms with Crippen molar-refractivity contribution in [3.8, 4) is 11.5 Å². The monoisotopic (exact) mass is 337 g/mol. The van der Waals surface area contributed by atoms with Crippen LogP contribution in [0.3, 0.4) is 0 Å². The number of hydrogen-bond donors (Lipinski definition) is 1. The molecule has 2 rings (SSSR count). The summed E-state index contributed by atoms with van der Waals surface area (Å²) in [4.78, 5) is 11.9. The first-order chi connectivity index (χ1) is 11.2. The quantitative estimate of drug-likeness (QED) is 0.789. The van der Waals surface area contributed by atoms with E-state index in [2.05, 4.69) is 5.32 Å². The molecule has 1 aromatic carbocycles. The molecule has 128 valence electrons. The number of hydrogen-bond acceptors (Lipinski definition) is 4. The highest BCUT2D eigenvalue weighted by Crippen LogP contribution is 2.28. The van der Waals surface area contributed by atoms with Gasteiger partial charge in [-0.3, -0.25) is 4.79 Å². The average molecular weight is 337 g/mol. The first-order valence-electron chi connectivity index (χ1n) is 8.32. The van der Waals surface area contributed by atoms with Crippen molar-refractivity contribution in [2.45, 2.75) is 43.8 Å². The van der Waals surface area contributed by atoms with Gasteiger partial charge in [-0.25, -0.2) is 0 Å². The van der Waals surface area contributed by atoms with Gasteiger partial charge in [-0.2, -0.15) is 0 Å². The van der Waals surface area contributed by atoms with Crippen LogP contribution < -0.4 is 14.8 Å². The Morgan fingerprint density at radius 1 is 1.17 bits per heavy atom. The molecule has 1 amide bonds. The van der Waals surface area contributed by atoms with Crippen LogP contribution in [0.5, 0.6) is 11.5 Å². The fourth-order valence-corrected chi connectivity index (χ4v) is 4.01. The average Bonchev–Trinajstić information content (AvgIpc) is 2.60. The largest absolute Gasteiger partial charge is 0.493 e. The van der Waals surface area contributed by atoms with E-state index in [9.17, 15) is 4.79 Å². The number of rotatable bonds is 8. The number of nitrogens with one attached hydrogen (secondary N) is 1. The van der Waals surface area contributed by atoms with E-state index < -0.39 is 0 Å². The first-order valence-corrected chi connectivity index (χ1v) is 9.37. The topological polar surface area (TPSA) is 47.6 Å². The van der Waals surface area contributed by atoms with Gasteiger partial charge in [-0.15, -0.1) is 11.8 Å². The number of ether oxygens (including phenoxy) is 2. The van der Waals surface area contributed by atoms with E-state index in [1.165, 1.54) is 32.1 Å². The number of carbonyl (C=O) groups is 1. The molecule has 0 atom stereocenters. The fraction of sp³-hybridized carbons (Fsp3) is 0.611. The van der Waals surface area contributed by atoms with Crippen LogP contribution in [0.1, 0.15) is 37.7 Å². The molecule has 0 aromatic heterocycles. The standard InChI is InChI=1S/C18H27NO3S/c1-21-16-9-8-14(12-17(16)22-2)10-11-19-18(20)13-23-15-6-4-3-5-7-15/h8-9,12,15H,3-7,10-11,13H2,1-2H3,(H,19,20). The molecule has 1 saturated carbocycles. The second kappa shape index (κ2) is 9.71. The third-order valence-electron chi connectivity index (χ3n) is 4.19. The molecule has 4 nitrogen and oxygen atoms in total. The maximum atomic E-state index is 11.9. The maximum Gasteiger partial charge on any atom is 0.230 e. The van der Waals surface area contributed by atoms with Crippen LogP contribution in [-0.2, 0) is 11.2 Å². The van der Waals surface area contributed by atoms with Crippen molar-refractivity contribution in [2.75, 3.05) is 26.5 Å². The Morgan fingerprint density at radius 2 is 1.91 bits per heavy atom. The van der Waals surface area contributed by atoms with E-state index in [-0.39, 0.29) is 5.91 Å². The summed E-state index contributed by atoms with van der Waals surface area (Å²) in [5.41, 5.74) is 1.13. The lowest BCUT2D eigenvalue weighted by Crippen LogP contribution is -2.28. The highest BCUT2D eigenvalue weighted by Gasteiger charge is 2.15. The van der Waals surface area contributed by atoms with Gasteiger partial charge in [-0.1, -0.05) is 25.3 Å². The van der Waals surface area contributed by atoms with Crippen molar-refractivity contribution >= 4 is 17.7 Å². The minimum absolute atomic E-state index is 0.140. The Labute approximate surface area is 143 Å². The SMILES string of the molecule is COc1ccc(CCNC(=O)CSC2CCCCC2)cc1OC. The van der Waals surface area contributed by atoms with Crippen molar-refractivity contribution in [1.29, 1.82) is 0 Å². The Hall–Kier alpha value is -1.36. The molecule has 0 heterocycles. The molecule has 0 spiro atoms. The zero-order chi connectivity index (χ0) is 16.5. The summed E-state index contributed by atoms with van der Waals surface area (Å²) in [6.45, 7) is 0.652. The molecule has 23 heavy (non-hydrogen) atoms. The van der Waals surface area contributed by atoms with Gasteiger partial charge in [0.1, 0.15) is 0 Å². The Balaban J connectivity index is 1.68. The van der Waals surface area contributed by atoms with Gasteiger partial charge in [0.2, 0.25) is 5.91 Å². The molecule has 1 aliphatic rings. The van der Waals surface area contributed by atoms with Gasteiger partial charge in [0.25, 0.3) is 0 Å². The van der Waals surface area contributed by atoms with Gasteiger partial charge in [0, 0.05) is 11.8 Å². The summed E-state index contributed by atoms with van der Waals surface area (Å²) >= 11 is 1.81. The Kier molecular flexibility index (Phi) is 7.59. The second-order valence-electron chi connectivity index (χ2n) is 5.86. The smallest absolute Gasteiger partial charge is 0.230 e. The summed E-state index contributed by atoms with van der Waals surface area (Å²) in [5, 5.41) is 3.69. The lowest BCUT2D eigenvalue weighted by Gasteiger charge is -2.20. The molecule has 0 saturated heterocycles. The van der Waals surface area contributed by atoms with Gasteiger partial charge in [-0.05, 0) is 37.0 Å². The molecule has 1 fully saturated rings. The van der Waals surface area contributed by atoms with Crippen molar-refractivity contribution in [2.24, 2.45) is 0 Å². The molecule has 5 heteroatoms. The second-order valence-corrected chi connectivity index (χ2v) is 7.15. The number of benzene rings is 1. The van der Waals surface area contributed by atoms with Gasteiger partial charge >= 0.3 is 0 Å². The third-order valence-corrected chi connectivity index (χ3v) is 5.56. The molecule has 0 unspecified atom stereocenters. The number of carbonyl (C=O) groups excluding carboxylic acids is 1. The molecule has 0 radical (unpaired) electrons. The van der Waals surface area contributed by atoms with Gasteiger partial charge in [0.05, 0.1) is 20.0 Å². The van der Waals surface area contributed by atoms with Crippen LogP contribution in [0, 0.1) is 0 Å². The van der Waals surface area contributed by atoms with E-state index in [1.807, 2.05) is 30.0 Å². The van der Waals surface area contributed by atoms with Crippen molar-refractivity contribution in [1.82, 2.24) is 5.32 Å². The van der Waals surface area contributed by atoms with E-state index in [0.717, 1.165) is 23.5 Å². The van der Waals surface area contributed by atoms with Crippen LogP contribution >= 0.6 is 11.8 Å². The molecule has 1 aliphatic carbocycles. The Morgan fingerprint density at radius 3 is 2.61 bits per heavy atom. The summed E-state index contributed by atoms with van der Waals surface area (Å²) < 4.78 is 10.5. The van der Waals surface area contributed by atoms with Gasteiger partial charge < -0.3 is 14.8 Å². The van der Waals surface area contributed by atoms with Gasteiger partial charge in [0.15, 0.2) is 11.5 Å². The predicted octanol–water partition coefficient (Wildman–Crippen LogP) is 3.43. The van der Waals surface area contributed by atoms with E-state index >= 15 is 0 Å². The maximum absolute atomic E-state index is 11.9. The van der Waals surface area contributed by atoms with E-state index in [1.54, 1.807) is 14.2 Å². The minimum atomic E-state index is 0.140. The predicted molar refractivity (Wildman–Crippen MR) is 95.6 cm³/mol. The number of amides is 1. The van der Waals surface area contributed by atoms with Crippen LogP contribution in [-0.4, -0.2) is 37.7 Å². The molecular formula is C18H27NO3S. The van der Waals surface area contributed by atoms with Crippen LogP contribution in [0.25, 0.3) is 0 Å². The van der Waals surface area contributed by atoms with Crippen molar-refractivity contribution in [3.05, 3.63) is 23.8 Å². The van der Waals surface area contributed by atoms with Crippen molar-refractivity contribution in [3.63, 3.8) is 0 Å². The molecule has 1 aromatic rings. The normalized spacial score (nSPS) is 15.2. The highest BCUT2D eigenvalue weighted by atomic mass is 32.2.